The van der Waals surface area contributed by atoms with Crippen molar-refractivity contribution in [1.82, 2.24) is 19.9 Å². The summed E-state index contributed by atoms with van der Waals surface area (Å²) < 4.78 is 99.0. The van der Waals surface area contributed by atoms with Crippen LogP contribution in [0.4, 0.5) is 20.7 Å². The molecule has 4 rings (SSSR count). The van der Waals surface area contributed by atoms with Crippen LogP contribution in [-0.2, 0) is 52.8 Å². The molecule has 0 saturated carbocycles. The van der Waals surface area contributed by atoms with Gasteiger partial charge in [0.2, 0.25) is 48.6 Å². The van der Waals surface area contributed by atoms with Crippen LogP contribution in [0.2, 0.25) is 39.3 Å². The lowest BCUT2D eigenvalue weighted by Gasteiger charge is -2.23. The van der Waals surface area contributed by atoms with Gasteiger partial charge in [0.25, 0.3) is 5.95 Å². The first-order valence-electron chi connectivity index (χ1n) is 25.8. The number of halogens is 2. The van der Waals surface area contributed by atoms with Crippen LogP contribution >= 0.6 is 0 Å². The number of carbonyl (C=O) groups excluding carboxylic acids is 3. The van der Waals surface area contributed by atoms with Crippen molar-refractivity contribution in [1.29, 1.82) is 0 Å². The minimum Gasteiger partial charge on any atom is -0.545 e. The number of aromatic nitrogens is 4. The second kappa shape index (κ2) is 31.5. The number of rotatable bonds is 26. The molecule has 0 fully saturated rings. The average Bonchev–Trinajstić information content (AvgIpc) is 3.34. The highest BCUT2D eigenvalue weighted by Crippen LogP contribution is 2.33. The largest absolute Gasteiger partial charge is 0.545 e. The van der Waals surface area contributed by atoms with Crippen LogP contribution in [0.3, 0.4) is 0 Å². The molecule has 24 heteroatoms. The number of hydrogen-bond acceptors (Lipinski definition) is 16. The molecule has 440 valence electrons. The maximum atomic E-state index is 13.6. The summed E-state index contributed by atoms with van der Waals surface area (Å²) in [5, 5.41) is 10.4. The number of ketones is 1. The smallest absolute Gasteiger partial charge is 0.313 e. The van der Waals surface area contributed by atoms with E-state index in [0.29, 0.717) is 76.0 Å². The zero-order valence-electron chi connectivity index (χ0n) is 49.0. The Labute approximate surface area is 474 Å². The zero-order chi connectivity index (χ0) is 60.9. The standard InChI is InChI=1S/C25H32FN3O6S.C18H20FN3O3S.C13H28O3Si2/c1-6-13-35-22(32)15-20(31)14-19(30)11-12-21-23(16(2)3)27-25(29(4)36(5,33)34)28-24(21)17-7-9-18(26)10-8-17;1-12(2)16-15(6-5-11-23)17(13-7-9-14(19)10-8-13)21-18(20-16)22(3)26(4,24)25;1-9-10-14-13(16-18(6,7)8)11-12(2)15-17(3,4)5/h7-12,16,19,30H,6,13-15H2,1-5H3;5-12H,1-4H3;11H,2,9-10H2,1,3-8H3/b12-11+;6-5+;13-11-/t19-;;/m1../s1. The number of aliphatic hydroxyl groups excluding tert-OH is 1. The SMILES string of the molecule is C=C(/C=C(/OCCC)O[Si](C)(C)C)O[Si](C)(C)C.CC(C)c1nc(N(C)S(C)(=O)=O)nc(-c2ccc(F)cc2)c1/C=C/C=O.CCCOC(=O)CC(=O)C[C@H](O)/C=C/c1c(-c2ccc(F)cc2)nc(N(C)S(C)(=O)=O)nc1C(C)C. The number of esters is 1. The van der Waals surface area contributed by atoms with Crippen molar-refractivity contribution >= 4 is 78.8 Å². The van der Waals surface area contributed by atoms with E-state index in [0.717, 1.165) is 27.5 Å². The molecular weight excluding hydrogens is 1110 g/mol. The van der Waals surface area contributed by atoms with E-state index in [1.165, 1.54) is 62.6 Å². The van der Waals surface area contributed by atoms with Crippen molar-refractivity contribution < 1.29 is 63.4 Å². The zero-order valence-corrected chi connectivity index (χ0v) is 52.6. The molecule has 18 nitrogen and oxygen atoms in total. The molecule has 80 heavy (non-hydrogen) atoms. The van der Waals surface area contributed by atoms with E-state index in [2.05, 4.69) is 72.7 Å². The molecule has 0 bridgehead atoms. The summed E-state index contributed by atoms with van der Waals surface area (Å²) in [7, 11) is -7.81. The summed E-state index contributed by atoms with van der Waals surface area (Å²) in [5.74, 6) is -1.08. The molecule has 1 atom stereocenters. The number of aliphatic hydroxyl groups is 1. The number of ether oxygens (including phenoxy) is 2. The third kappa shape index (κ3) is 24.5. The fourth-order valence-corrected chi connectivity index (χ4v) is 9.02. The van der Waals surface area contributed by atoms with Crippen LogP contribution in [0.5, 0.6) is 0 Å². The van der Waals surface area contributed by atoms with E-state index in [9.17, 15) is 45.1 Å². The summed E-state index contributed by atoms with van der Waals surface area (Å²) in [6.07, 6.45) is 9.98. The predicted molar refractivity (Wildman–Crippen MR) is 317 cm³/mol. The third-order valence-electron chi connectivity index (χ3n) is 10.5. The second-order valence-corrected chi connectivity index (χ2v) is 33.8. The van der Waals surface area contributed by atoms with Gasteiger partial charge < -0.3 is 23.4 Å². The Morgan fingerprint density at radius 3 is 1.48 bits per heavy atom. The quantitative estimate of drug-likeness (QED) is 0.0117. The van der Waals surface area contributed by atoms with Gasteiger partial charge in [0.05, 0.1) is 60.7 Å². The minimum absolute atomic E-state index is 0.0128. The van der Waals surface area contributed by atoms with Crippen molar-refractivity contribution in [2.24, 2.45) is 0 Å². The molecule has 4 aromatic rings. The van der Waals surface area contributed by atoms with Crippen LogP contribution in [0.15, 0.2) is 85.0 Å². The molecular formula is C56H80F2N6O12S2Si2. The van der Waals surface area contributed by atoms with E-state index in [1.54, 1.807) is 30.4 Å². The Morgan fingerprint density at radius 1 is 0.688 bits per heavy atom. The minimum atomic E-state index is -3.66. The van der Waals surface area contributed by atoms with Gasteiger partial charge >= 0.3 is 5.97 Å². The maximum absolute atomic E-state index is 13.6. The normalized spacial score (nSPS) is 12.5. The highest BCUT2D eigenvalue weighted by atomic mass is 32.2. The number of hydrogen-bond donors (Lipinski definition) is 1. The third-order valence-corrected chi connectivity index (χ3v) is 14.5. The van der Waals surface area contributed by atoms with Crippen molar-refractivity contribution in [2.75, 3.05) is 48.4 Å². The van der Waals surface area contributed by atoms with Crippen LogP contribution in [0.25, 0.3) is 34.7 Å². The number of aldehydes is 1. The Kier molecular flexibility index (Phi) is 27.4. The Hall–Kier alpha value is -6.48. The highest BCUT2D eigenvalue weighted by Gasteiger charge is 2.25. The lowest BCUT2D eigenvalue weighted by atomic mass is 9.97. The molecule has 0 saturated heterocycles. The van der Waals surface area contributed by atoms with Gasteiger partial charge in [-0.25, -0.2) is 54.2 Å². The number of anilines is 2. The Morgan fingerprint density at radius 2 is 1.10 bits per heavy atom. The fourth-order valence-electron chi connectivity index (χ4n) is 6.70. The Bertz CT molecular complexity index is 3060. The summed E-state index contributed by atoms with van der Waals surface area (Å²) in [5.41, 5.74) is 4.00. The molecule has 2 heterocycles. The second-order valence-electron chi connectivity index (χ2n) is 20.9. The first-order valence-corrected chi connectivity index (χ1v) is 36.3. The van der Waals surface area contributed by atoms with Crippen molar-refractivity contribution in [2.45, 2.75) is 124 Å². The molecule has 0 amide bonds. The first kappa shape index (κ1) is 69.6. The van der Waals surface area contributed by atoms with Crippen molar-refractivity contribution in [3.8, 4) is 22.5 Å². The van der Waals surface area contributed by atoms with Gasteiger partial charge in [-0.3, -0.25) is 14.4 Å². The van der Waals surface area contributed by atoms with Gasteiger partial charge in [-0.15, -0.1) is 0 Å². The molecule has 0 spiro atoms. The van der Waals surface area contributed by atoms with Crippen molar-refractivity contribution in [3.05, 3.63) is 119 Å². The summed E-state index contributed by atoms with van der Waals surface area (Å²) in [6.45, 7) is 29.0. The first-order chi connectivity index (χ1) is 37.0. The molecule has 0 unspecified atom stereocenters. The van der Waals surface area contributed by atoms with E-state index in [1.807, 2.05) is 34.6 Å². The van der Waals surface area contributed by atoms with Gasteiger partial charge in [0.1, 0.15) is 35.9 Å². The number of sulfonamides is 2. The molecule has 0 aliphatic carbocycles. The Balaban J connectivity index is 0.000000436. The highest BCUT2D eigenvalue weighted by molar-refractivity contribution is 7.92. The molecule has 1 N–H and O–H groups in total. The van der Waals surface area contributed by atoms with Gasteiger partial charge in [0, 0.05) is 42.8 Å². The van der Waals surface area contributed by atoms with E-state index < -0.39 is 72.6 Å². The molecule has 0 aliphatic heterocycles. The monoisotopic (exact) mass is 1190 g/mol. The van der Waals surface area contributed by atoms with Gasteiger partial charge in [0.15, 0.2) is 0 Å². The van der Waals surface area contributed by atoms with Crippen molar-refractivity contribution in [3.63, 3.8) is 0 Å². The van der Waals surface area contributed by atoms with Crippen LogP contribution in [-0.4, -0.2) is 122 Å². The van der Waals surface area contributed by atoms with Gasteiger partial charge in [-0.1, -0.05) is 60.3 Å². The van der Waals surface area contributed by atoms with Crippen LogP contribution < -0.4 is 8.61 Å². The summed E-state index contributed by atoms with van der Waals surface area (Å²) in [4.78, 5) is 52.2. The number of Topliss-reactive ketones (excluding diaryl/α,β-unsaturated/α-hetero) is 1. The summed E-state index contributed by atoms with van der Waals surface area (Å²) in [6, 6.07) is 11.2. The maximum Gasteiger partial charge on any atom is 0.313 e. The molecule has 2 aromatic carbocycles. The molecule has 0 aliphatic rings. The number of allylic oxidation sites excluding steroid dienone is 2. The van der Waals surface area contributed by atoms with E-state index in [4.69, 9.17) is 18.3 Å². The van der Waals surface area contributed by atoms with Gasteiger partial charge in [-0.05, 0) is 125 Å². The number of carbonyl (C=O) groups is 3. The molecule has 2 aromatic heterocycles. The van der Waals surface area contributed by atoms with E-state index >= 15 is 0 Å². The number of nitrogens with zero attached hydrogens (tertiary/aromatic N) is 6. The lowest BCUT2D eigenvalue weighted by Crippen LogP contribution is -2.27. The molecule has 0 radical (unpaired) electrons. The van der Waals surface area contributed by atoms with E-state index in [-0.39, 0.29) is 36.8 Å². The summed E-state index contributed by atoms with van der Waals surface area (Å²) >= 11 is 0. The fraction of sp³-hybridized carbons (Fsp3) is 0.446. The lowest BCUT2D eigenvalue weighted by molar-refractivity contribution is -0.146. The van der Waals surface area contributed by atoms with Crippen LogP contribution in [0.1, 0.15) is 102 Å². The topological polar surface area (TPSA) is 235 Å². The predicted octanol–water partition coefficient (Wildman–Crippen LogP) is 11.0. The van der Waals surface area contributed by atoms with Crippen LogP contribution in [0, 0.1) is 11.6 Å². The average molecular weight is 1190 g/mol. The van der Waals surface area contributed by atoms with Gasteiger partial charge in [-0.2, -0.15) is 0 Å². The number of benzene rings is 2.